The monoisotopic (exact) mass is 347 g/mol. The Bertz CT molecular complexity index is 651. The van der Waals surface area contributed by atoms with Gasteiger partial charge in [-0.15, -0.1) is 11.3 Å². The Kier molecular flexibility index (Phi) is 6.75. The van der Waals surface area contributed by atoms with Crippen molar-refractivity contribution in [1.29, 1.82) is 0 Å². The molecule has 1 amide bonds. The van der Waals surface area contributed by atoms with Crippen LogP contribution in [0.25, 0.3) is 10.6 Å². The molecule has 0 bridgehead atoms. The molecule has 130 valence electrons. The number of thiazole rings is 1. The molecule has 1 N–H and O–H groups in total. The van der Waals surface area contributed by atoms with Crippen molar-refractivity contribution in [1.82, 2.24) is 15.2 Å². The van der Waals surface area contributed by atoms with Gasteiger partial charge in [0.15, 0.2) is 0 Å². The fraction of sp³-hybridized carbons (Fsp3) is 0.444. The Hall–Kier alpha value is -1.92. The van der Waals surface area contributed by atoms with Gasteiger partial charge < -0.3 is 15.0 Å². The number of aromatic nitrogens is 1. The van der Waals surface area contributed by atoms with E-state index in [-0.39, 0.29) is 5.91 Å². The summed E-state index contributed by atoms with van der Waals surface area (Å²) >= 11 is 1.47. The van der Waals surface area contributed by atoms with Gasteiger partial charge in [-0.2, -0.15) is 0 Å². The number of carbonyl (C=O) groups excluding carboxylic acids is 1. The summed E-state index contributed by atoms with van der Waals surface area (Å²) in [5.74, 6) is 1.22. The number of nitrogens with one attached hydrogen (secondary N) is 1. The summed E-state index contributed by atoms with van der Waals surface area (Å²) in [5, 5.41) is 5.51. The normalized spacial score (nSPS) is 11.1. The van der Waals surface area contributed by atoms with Crippen molar-refractivity contribution in [3.05, 3.63) is 35.3 Å². The van der Waals surface area contributed by atoms with E-state index in [0.717, 1.165) is 22.9 Å². The van der Waals surface area contributed by atoms with Crippen LogP contribution in [0.2, 0.25) is 0 Å². The molecule has 5 nitrogen and oxygen atoms in total. The number of nitrogens with zero attached hydrogens (tertiary/aromatic N) is 2. The summed E-state index contributed by atoms with van der Waals surface area (Å²) in [5.41, 5.74) is 1.46. The molecule has 0 aliphatic carbocycles. The molecule has 0 aliphatic rings. The van der Waals surface area contributed by atoms with E-state index in [2.05, 4.69) is 24.1 Å². The van der Waals surface area contributed by atoms with Crippen molar-refractivity contribution in [2.45, 2.75) is 13.8 Å². The third-order valence-corrected chi connectivity index (χ3v) is 4.16. The highest BCUT2D eigenvalue weighted by molar-refractivity contribution is 7.13. The van der Waals surface area contributed by atoms with Crippen LogP contribution in [0.4, 0.5) is 0 Å². The largest absolute Gasteiger partial charge is 0.493 e. The molecule has 0 atom stereocenters. The highest BCUT2D eigenvalue weighted by atomic mass is 32.1. The van der Waals surface area contributed by atoms with Crippen molar-refractivity contribution in [2.24, 2.45) is 5.92 Å². The van der Waals surface area contributed by atoms with E-state index in [1.165, 1.54) is 11.3 Å². The molecule has 0 saturated heterocycles. The van der Waals surface area contributed by atoms with E-state index < -0.39 is 0 Å². The Balaban J connectivity index is 1.95. The number of likely N-dealkylation sites (N-methyl/N-ethyl adjacent to an activating group) is 1. The lowest BCUT2D eigenvalue weighted by molar-refractivity contribution is 0.0947. The zero-order valence-electron chi connectivity index (χ0n) is 14.7. The predicted molar refractivity (Wildman–Crippen MR) is 98.8 cm³/mol. The predicted octanol–water partition coefficient (Wildman–Crippen LogP) is 3.14. The first-order chi connectivity index (χ1) is 11.5. The molecule has 0 aliphatic heterocycles. The third kappa shape index (κ3) is 5.62. The molecular formula is C18H25N3O2S. The molecule has 2 rings (SSSR count). The minimum atomic E-state index is -0.128. The van der Waals surface area contributed by atoms with Crippen LogP contribution in [0.1, 0.15) is 24.3 Å². The fourth-order valence-electron chi connectivity index (χ4n) is 1.95. The number of rotatable bonds is 8. The van der Waals surface area contributed by atoms with E-state index >= 15 is 0 Å². The zero-order valence-corrected chi connectivity index (χ0v) is 15.5. The van der Waals surface area contributed by atoms with Crippen molar-refractivity contribution >= 4 is 17.2 Å². The second-order valence-electron chi connectivity index (χ2n) is 6.33. The number of carbonyl (C=O) groups is 1. The van der Waals surface area contributed by atoms with Crippen LogP contribution in [-0.4, -0.2) is 49.6 Å². The van der Waals surface area contributed by atoms with E-state index in [4.69, 9.17) is 4.74 Å². The van der Waals surface area contributed by atoms with Crippen LogP contribution >= 0.6 is 11.3 Å². The number of ether oxygens (including phenoxy) is 1. The summed E-state index contributed by atoms with van der Waals surface area (Å²) in [6.45, 7) is 6.36. The molecule has 0 spiro atoms. The van der Waals surface area contributed by atoms with E-state index in [9.17, 15) is 4.79 Å². The van der Waals surface area contributed by atoms with E-state index in [0.29, 0.717) is 24.8 Å². The van der Waals surface area contributed by atoms with Crippen molar-refractivity contribution in [2.75, 3.05) is 33.8 Å². The maximum absolute atomic E-state index is 12.1. The summed E-state index contributed by atoms with van der Waals surface area (Å²) in [6.07, 6.45) is 0. The van der Waals surface area contributed by atoms with Crippen LogP contribution in [0, 0.1) is 5.92 Å². The maximum Gasteiger partial charge on any atom is 0.270 e. The molecule has 2 aromatic rings. The number of hydrogen-bond donors (Lipinski definition) is 1. The first-order valence-electron chi connectivity index (χ1n) is 8.07. The minimum absolute atomic E-state index is 0.128. The van der Waals surface area contributed by atoms with Crippen molar-refractivity contribution in [3.8, 4) is 16.3 Å². The second kappa shape index (κ2) is 8.80. The van der Waals surface area contributed by atoms with Gasteiger partial charge in [0.1, 0.15) is 16.5 Å². The molecule has 0 fully saturated rings. The lowest BCUT2D eigenvalue weighted by Gasteiger charge is -2.09. The van der Waals surface area contributed by atoms with Crippen LogP contribution in [0.3, 0.4) is 0 Å². The van der Waals surface area contributed by atoms with E-state index in [1.54, 1.807) is 5.38 Å². The lowest BCUT2D eigenvalue weighted by Crippen LogP contribution is -2.31. The molecule has 1 aromatic heterocycles. The molecule has 0 radical (unpaired) electrons. The lowest BCUT2D eigenvalue weighted by atomic mass is 10.2. The molecule has 1 aromatic carbocycles. The Morgan fingerprint density at radius 2 is 2.00 bits per heavy atom. The summed E-state index contributed by atoms with van der Waals surface area (Å²) in [6, 6.07) is 7.83. The van der Waals surface area contributed by atoms with Gasteiger partial charge in [-0.25, -0.2) is 4.98 Å². The van der Waals surface area contributed by atoms with Crippen LogP contribution in [0.5, 0.6) is 5.75 Å². The number of benzene rings is 1. The van der Waals surface area contributed by atoms with Gasteiger partial charge >= 0.3 is 0 Å². The van der Waals surface area contributed by atoms with Gasteiger partial charge in [0.25, 0.3) is 5.91 Å². The smallest absolute Gasteiger partial charge is 0.270 e. The highest BCUT2D eigenvalue weighted by Crippen LogP contribution is 2.26. The highest BCUT2D eigenvalue weighted by Gasteiger charge is 2.11. The summed E-state index contributed by atoms with van der Waals surface area (Å²) in [7, 11) is 3.95. The first-order valence-corrected chi connectivity index (χ1v) is 8.95. The van der Waals surface area contributed by atoms with E-state index in [1.807, 2.05) is 43.3 Å². The SMILES string of the molecule is CC(C)COc1ccc(-c2nc(C(=O)NCCN(C)C)cs2)cc1. The molecular weight excluding hydrogens is 322 g/mol. The third-order valence-electron chi connectivity index (χ3n) is 3.27. The molecule has 6 heteroatoms. The standard InChI is InChI=1S/C18H25N3O2S/c1-13(2)11-23-15-7-5-14(6-8-15)18-20-16(12-24-18)17(22)19-9-10-21(3)4/h5-8,12-13H,9-11H2,1-4H3,(H,19,22). The van der Waals surface area contributed by atoms with Gasteiger partial charge in [-0.3, -0.25) is 4.79 Å². The van der Waals surface area contributed by atoms with Gasteiger partial charge in [0.2, 0.25) is 0 Å². The summed E-state index contributed by atoms with van der Waals surface area (Å²) < 4.78 is 5.68. The Morgan fingerprint density at radius 1 is 1.29 bits per heavy atom. The van der Waals surface area contributed by atoms with Crippen LogP contribution < -0.4 is 10.1 Å². The number of amides is 1. The van der Waals surface area contributed by atoms with Crippen molar-refractivity contribution in [3.63, 3.8) is 0 Å². The van der Waals surface area contributed by atoms with Crippen LogP contribution in [-0.2, 0) is 0 Å². The fourth-order valence-corrected chi connectivity index (χ4v) is 2.76. The van der Waals surface area contributed by atoms with Gasteiger partial charge in [-0.1, -0.05) is 13.8 Å². The summed E-state index contributed by atoms with van der Waals surface area (Å²) in [4.78, 5) is 18.5. The quantitative estimate of drug-likeness (QED) is 0.797. The van der Waals surface area contributed by atoms with Crippen LogP contribution in [0.15, 0.2) is 29.6 Å². The zero-order chi connectivity index (χ0) is 17.5. The minimum Gasteiger partial charge on any atom is -0.493 e. The molecule has 24 heavy (non-hydrogen) atoms. The van der Waals surface area contributed by atoms with Crippen molar-refractivity contribution < 1.29 is 9.53 Å². The molecule has 0 unspecified atom stereocenters. The second-order valence-corrected chi connectivity index (χ2v) is 7.18. The first kappa shape index (κ1) is 18.4. The average molecular weight is 347 g/mol. The maximum atomic E-state index is 12.1. The van der Waals surface area contributed by atoms with Gasteiger partial charge in [-0.05, 0) is 44.3 Å². The Labute approximate surface area is 147 Å². The van der Waals surface area contributed by atoms with Gasteiger partial charge in [0.05, 0.1) is 6.61 Å². The average Bonchev–Trinajstić information content (AvgIpc) is 3.03. The molecule has 1 heterocycles. The Morgan fingerprint density at radius 3 is 2.62 bits per heavy atom. The number of hydrogen-bond acceptors (Lipinski definition) is 5. The topological polar surface area (TPSA) is 54.5 Å². The molecule has 0 saturated carbocycles. The van der Waals surface area contributed by atoms with Gasteiger partial charge in [0, 0.05) is 24.0 Å².